The largest absolute Gasteiger partial charge is 0.491 e. The number of imidazole rings is 1. The lowest BCUT2D eigenvalue weighted by molar-refractivity contribution is -0.123. The van der Waals surface area contributed by atoms with E-state index in [0.717, 1.165) is 18.4 Å². The summed E-state index contributed by atoms with van der Waals surface area (Å²) in [6, 6.07) is 6.50. The molecule has 2 aromatic heterocycles. The van der Waals surface area contributed by atoms with Crippen molar-refractivity contribution in [2.75, 3.05) is 12.3 Å². The zero-order valence-electron chi connectivity index (χ0n) is 16.7. The first-order chi connectivity index (χ1) is 14.9. The van der Waals surface area contributed by atoms with Crippen LogP contribution in [0.2, 0.25) is 0 Å². The molecule has 9 nitrogen and oxygen atoms in total. The van der Waals surface area contributed by atoms with Crippen molar-refractivity contribution in [3.63, 3.8) is 0 Å². The summed E-state index contributed by atoms with van der Waals surface area (Å²) in [5.41, 5.74) is 12.8. The molecule has 0 fully saturated rings. The molecule has 0 bridgehead atoms. The van der Waals surface area contributed by atoms with Crippen LogP contribution >= 0.6 is 0 Å². The fourth-order valence-electron chi connectivity index (χ4n) is 3.77. The molecule has 5 rings (SSSR count). The van der Waals surface area contributed by atoms with E-state index in [9.17, 15) is 4.79 Å². The molecule has 31 heavy (non-hydrogen) atoms. The molecule has 1 atom stereocenters. The molecule has 1 amide bonds. The third-order valence-electron chi connectivity index (χ3n) is 5.28. The van der Waals surface area contributed by atoms with Gasteiger partial charge < -0.3 is 29.9 Å². The van der Waals surface area contributed by atoms with E-state index in [4.69, 9.17) is 25.4 Å². The number of anilines is 1. The molecule has 4 N–H and O–H groups in total. The normalized spacial score (nSPS) is 14.8. The fourth-order valence-corrected chi connectivity index (χ4v) is 3.77. The van der Waals surface area contributed by atoms with Crippen LogP contribution in [0.25, 0.3) is 33.5 Å². The van der Waals surface area contributed by atoms with Gasteiger partial charge in [0.1, 0.15) is 28.4 Å². The number of halogens is 1. The first-order valence-corrected chi connectivity index (χ1v) is 9.90. The quantitative estimate of drug-likeness (QED) is 0.514. The van der Waals surface area contributed by atoms with E-state index >= 15 is 4.39 Å². The first kappa shape index (κ1) is 19.2. The number of rotatable bonds is 4. The average molecular weight is 425 g/mol. The molecule has 3 heterocycles. The summed E-state index contributed by atoms with van der Waals surface area (Å²) < 4.78 is 34.1. The summed E-state index contributed by atoms with van der Waals surface area (Å²) in [6.45, 7) is 2.73. The van der Waals surface area contributed by atoms with Gasteiger partial charge in [-0.1, -0.05) is 0 Å². The smallest absolute Gasteiger partial charge is 0.293 e. The Morgan fingerprint density at radius 1 is 1.29 bits per heavy atom. The summed E-state index contributed by atoms with van der Waals surface area (Å²) in [5.74, 6) is 0.230. The highest BCUT2D eigenvalue weighted by Crippen LogP contribution is 2.38. The lowest BCUT2D eigenvalue weighted by Crippen LogP contribution is -2.30. The molecule has 0 unspecified atom stereocenters. The predicted octanol–water partition coefficient (Wildman–Crippen LogP) is 2.99. The van der Waals surface area contributed by atoms with Gasteiger partial charge in [-0.2, -0.15) is 4.98 Å². The number of nitrogens with zero attached hydrogens (tertiary/aromatic N) is 3. The fraction of sp³-hybridized carbons (Fsp3) is 0.286. The lowest BCUT2D eigenvalue weighted by Gasteiger charge is -2.18. The molecule has 0 saturated heterocycles. The van der Waals surface area contributed by atoms with Gasteiger partial charge in [0, 0.05) is 18.7 Å². The van der Waals surface area contributed by atoms with Crippen LogP contribution in [0.3, 0.4) is 0 Å². The van der Waals surface area contributed by atoms with Crippen LogP contribution in [0.5, 0.6) is 11.5 Å². The molecular weight excluding hydrogens is 405 g/mol. The van der Waals surface area contributed by atoms with Crippen LogP contribution in [0.1, 0.15) is 19.8 Å². The Bertz CT molecular complexity index is 1330. The summed E-state index contributed by atoms with van der Waals surface area (Å²) in [5, 5.41) is 0. The van der Waals surface area contributed by atoms with E-state index < -0.39 is 17.8 Å². The van der Waals surface area contributed by atoms with Crippen LogP contribution in [-0.4, -0.2) is 33.2 Å². The van der Waals surface area contributed by atoms with E-state index in [1.807, 2.05) is 4.57 Å². The summed E-state index contributed by atoms with van der Waals surface area (Å²) in [4.78, 5) is 20.0. The van der Waals surface area contributed by atoms with E-state index in [-0.39, 0.29) is 22.7 Å². The highest BCUT2D eigenvalue weighted by molar-refractivity contribution is 5.89. The number of carbonyl (C=O) groups excluding carboxylic acids is 1. The topological polar surface area (TPSA) is 131 Å². The Hall–Kier alpha value is -3.82. The van der Waals surface area contributed by atoms with Gasteiger partial charge in [-0.3, -0.25) is 4.79 Å². The molecule has 10 heteroatoms. The predicted molar refractivity (Wildman–Crippen MR) is 111 cm³/mol. The Morgan fingerprint density at radius 3 is 2.94 bits per heavy atom. The number of nitrogen functional groups attached to an aromatic ring is 1. The van der Waals surface area contributed by atoms with Gasteiger partial charge in [0.2, 0.25) is 0 Å². The number of carbonyl (C=O) groups is 1. The molecule has 1 aliphatic rings. The second kappa shape index (κ2) is 7.15. The first-order valence-electron chi connectivity index (χ1n) is 9.90. The standard InChI is InChI=1S/C21H20FN5O4/c1-10(19(23)28)30-11-8-13-18-15(9-11)29-7-3-2-6-27(18)20(25-13)12-4-5-14-17(16(12)22)26-21(24)31-14/h4-5,8-10H,2-3,6-7H2,1H3,(H2,23,28)(H2,24,26)/t10-/m0/s1. The number of nitrogens with two attached hydrogens (primary N) is 2. The minimum atomic E-state index is -0.822. The number of fused-ring (bicyclic) bond motifs is 1. The van der Waals surface area contributed by atoms with Gasteiger partial charge in [-0.05, 0) is 31.9 Å². The van der Waals surface area contributed by atoms with Crippen LogP contribution in [0, 0.1) is 5.82 Å². The van der Waals surface area contributed by atoms with Crippen molar-refractivity contribution in [1.82, 2.24) is 14.5 Å². The van der Waals surface area contributed by atoms with Gasteiger partial charge in [0.15, 0.2) is 17.5 Å². The second-order valence-corrected chi connectivity index (χ2v) is 7.42. The van der Waals surface area contributed by atoms with Gasteiger partial charge in [-0.25, -0.2) is 9.37 Å². The van der Waals surface area contributed by atoms with E-state index in [0.29, 0.717) is 36.0 Å². The highest BCUT2D eigenvalue weighted by atomic mass is 19.1. The van der Waals surface area contributed by atoms with Crippen molar-refractivity contribution in [2.24, 2.45) is 5.73 Å². The molecule has 0 radical (unpaired) electrons. The Labute approximate surface area is 175 Å². The molecule has 0 aliphatic carbocycles. The third kappa shape index (κ3) is 3.20. The number of hydrogen-bond acceptors (Lipinski definition) is 7. The van der Waals surface area contributed by atoms with Crippen molar-refractivity contribution >= 4 is 34.1 Å². The van der Waals surface area contributed by atoms with Gasteiger partial charge in [-0.15, -0.1) is 0 Å². The minimum Gasteiger partial charge on any atom is -0.491 e. The number of primary amides is 1. The van der Waals surface area contributed by atoms with E-state index in [1.165, 1.54) is 0 Å². The number of oxazole rings is 1. The van der Waals surface area contributed by atoms with Crippen molar-refractivity contribution < 1.29 is 23.1 Å². The monoisotopic (exact) mass is 425 g/mol. The van der Waals surface area contributed by atoms with Gasteiger partial charge in [0.05, 0.1) is 17.7 Å². The number of hydrogen-bond donors (Lipinski definition) is 2. The maximum absolute atomic E-state index is 15.3. The zero-order valence-corrected chi connectivity index (χ0v) is 16.7. The van der Waals surface area contributed by atoms with E-state index in [1.54, 1.807) is 31.2 Å². The van der Waals surface area contributed by atoms with Crippen molar-refractivity contribution in [3.8, 4) is 22.9 Å². The number of aryl methyl sites for hydroxylation is 1. The van der Waals surface area contributed by atoms with Crippen molar-refractivity contribution in [1.29, 1.82) is 0 Å². The van der Waals surface area contributed by atoms with Crippen molar-refractivity contribution in [2.45, 2.75) is 32.4 Å². The zero-order chi connectivity index (χ0) is 21.7. The number of aromatic nitrogens is 3. The number of ether oxygens (including phenoxy) is 2. The average Bonchev–Trinajstić information content (AvgIpc) is 3.26. The molecule has 160 valence electrons. The molecule has 0 saturated carbocycles. The lowest BCUT2D eigenvalue weighted by atomic mass is 10.1. The van der Waals surface area contributed by atoms with Crippen LogP contribution in [-0.2, 0) is 11.3 Å². The van der Waals surface area contributed by atoms with Crippen LogP contribution in [0.15, 0.2) is 28.7 Å². The third-order valence-corrected chi connectivity index (χ3v) is 5.28. The molecular formula is C21H20FN5O4. The second-order valence-electron chi connectivity index (χ2n) is 7.42. The maximum Gasteiger partial charge on any atom is 0.293 e. The van der Waals surface area contributed by atoms with Crippen LogP contribution in [0.4, 0.5) is 10.4 Å². The van der Waals surface area contributed by atoms with E-state index in [2.05, 4.69) is 9.97 Å². The van der Waals surface area contributed by atoms with Crippen molar-refractivity contribution in [3.05, 3.63) is 30.1 Å². The van der Waals surface area contributed by atoms with Gasteiger partial charge in [0.25, 0.3) is 11.9 Å². The molecule has 0 spiro atoms. The highest BCUT2D eigenvalue weighted by Gasteiger charge is 2.24. The number of benzene rings is 2. The summed E-state index contributed by atoms with van der Waals surface area (Å²) >= 11 is 0. The molecule has 2 aromatic carbocycles. The number of amides is 1. The minimum absolute atomic E-state index is 0.0523. The summed E-state index contributed by atoms with van der Waals surface area (Å²) in [6.07, 6.45) is 0.843. The molecule has 4 aromatic rings. The summed E-state index contributed by atoms with van der Waals surface area (Å²) in [7, 11) is 0. The Balaban J connectivity index is 1.72. The van der Waals surface area contributed by atoms with Gasteiger partial charge >= 0.3 is 0 Å². The SMILES string of the molecule is C[C@H](Oc1cc2c3c(c1)nc(-c1ccc4oc(N)nc4c1F)n3CCCCO2)C(N)=O. The maximum atomic E-state index is 15.3. The Kier molecular flexibility index (Phi) is 4.42. The van der Waals surface area contributed by atoms with Crippen LogP contribution < -0.4 is 20.9 Å². The molecule has 1 aliphatic heterocycles. The Morgan fingerprint density at radius 2 is 2.13 bits per heavy atom.